The van der Waals surface area contributed by atoms with Crippen molar-refractivity contribution in [2.24, 2.45) is 0 Å². The zero-order chi connectivity index (χ0) is 15.1. The summed E-state index contributed by atoms with van der Waals surface area (Å²) in [5, 5.41) is 28.6. The Kier molecular flexibility index (Phi) is 4.80. The standard InChI is InChI=1S/C13H7FN4O2/c1-20-13(19)10-3-2-9(4-11(10)14)18-12(7-17)8(5-15)6-16/h2-4,18H,1H3. The van der Waals surface area contributed by atoms with Crippen LogP contribution in [0.15, 0.2) is 29.5 Å². The van der Waals surface area contributed by atoms with E-state index in [0.717, 1.165) is 19.2 Å². The molecule has 0 bridgehead atoms. The number of nitrogens with zero attached hydrogens (tertiary/aromatic N) is 3. The van der Waals surface area contributed by atoms with Gasteiger partial charge in [0.25, 0.3) is 0 Å². The number of nitrogens with one attached hydrogen (secondary N) is 1. The number of hydrogen-bond acceptors (Lipinski definition) is 6. The Labute approximate surface area is 113 Å². The lowest BCUT2D eigenvalue weighted by atomic mass is 10.1. The molecule has 0 aliphatic rings. The number of nitriles is 3. The first-order chi connectivity index (χ1) is 9.57. The van der Waals surface area contributed by atoms with Crippen LogP contribution < -0.4 is 5.32 Å². The first-order valence-corrected chi connectivity index (χ1v) is 5.16. The molecule has 0 radical (unpaired) electrons. The minimum atomic E-state index is -0.852. The highest BCUT2D eigenvalue weighted by atomic mass is 19.1. The van der Waals surface area contributed by atoms with Crippen molar-refractivity contribution in [2.45, 2.75) is 0 Å². The molecule has 98 valence electrons. The number of methoxy groups -OCH3 is 1. The van der Waals surface area contributed by atoms with Crippen LogP contribution in [0, 0.1) is 39.8 Å². The second-order valence-corrected chi connectivity index (χ2v) is 3.40. The van der Waals surface area contributed by atoms with Gasteiger partial charge in [-0.2, -0.15) is 15.8 Å². The van der Waals surface area contributed by atoms with E-state index in [4.69, 9.17) is 15.8 Å². The predicted molar refractivity (Wildman–Crippen MR) is 65.2 cm³/mol. The highest BCUT2D eigenvalue weighted by Crippen LogP contribution is 2.17. The number of allylic oxidation sites excluding steroid dienone is 2. The molecule has 1 aromatic carbocycles. The Bertz CT molecular complexity index is 689. The molecule has 0 unspecified atom stereocenters. The lowest BCUT2D eigenvalue weighted by Gasteiger charge is -2.06. The lowest BCUT2D eigenvalue weighted by molar-refractivity contribution is 0.0595. The Morgan fingerprint density at radius 2 is 1.90 bits per heavy atom. The molecule has 0 aliphatic heterocycles. The van der Waals surface area contributed by atoms with Crippen LogP contribution in [0.4, 0.5) is 10.1 Å². The summed E-state index contributed by atoms with van der Waals surface area (Å²) in [6, 6.07) is 8.15. The van der Waals surface area contributed by atoms with E-state index in [1.807, 2.05) is 0 Å². The molecule has 1 rings (SSSR count). The van der Waals surface area contributed by atoms with E-state index in [-0.39, 0.29) is 16.9 Å². The van der Waals surface area contributed by atoms with Crippen molar-refractivity contribution in [3.63, 3.8) is 0 Å². The summed E-state index contributed by atoms with van der Waals surface area (Å²) in [4.78, 5) is 11.2. The van der Waals surface area contributed by atoms with Crippen molar-refractivity contribution in [1.29, 1.82) is 15.8 Å². The maximum absolute atomic E-state index is 13.6. The summed E-state index contributed by atoms with van der Waals surface area (Å²) in [7, 11) is 1.12. The molecule has 0 atom stereocenters. The van der Waals surface area contributed by atoms with Gasteiger partial charge in [-0.1, -0.05) is 0 Å². The van der Waals surface area contributed by atoms with Crippen LogP contribution in [0.3, 0.4) is 0 Å². The molecular formula is C13H7FN4O2. The first-order valence-electron chi connectivity index (χ1n) is 5.16. The highest BCUT2D eigenvalue weighted by molar-refractivity contribution is 5.90. The SMILES string of the molecule is COC(=O)c1ccc(NC(C#N)=C(C#N)C#N)cc1F. The van der Waals surface area contributed by atoms with Gasteiger partial charge in [-0.25, -0.2) is 9.18 Å². The zero-order valence-corrected chi connectivity index (χ0v) is 10.3. The number of carbonyl (C=O) groups is 1. The topological polar surface area (TPSA) is 110 Å². The van der Waals surface area contributed by atoms with Crippen molar-refractivity contribution < 1.29 is 13.9 Å². The van der Waals surface area contributed by atoms with Crippen LogP contribution in [0.25, 0.3) is 0 Å². The van der Waals surface area contributed by atoms with Gasteiger partial charge < -0.3 is 10.1 Å². The average molecular weight is 270 g/mol. The van der Waals surface area contributed by atoms with E-state index in [2.05, 4.69) is 10.1 Å². The van der Waals surface area contributed by atoms with E-state index in [1.165, 1.54) is 6.07 Å². The quantitative estimate of drug-likeness (QED) is 0.663. The Balaban J connectivity index is 3.14. The van der Waals surface area contributed by atoms with Crippen molar-refractivity contribution in [3.8, 4) is 18.2 Å². The summed E-state index contributed by atoms with van der Waals surface area (Å²) in [5.41, 5.74) is -0.874. The molecule has 6 nitrogen and oxygen atoms in total. The molecule has 1 aromatic rings. The smallest absolute Gasteiger partial charge is 0.340 e. The number of esters is 1. The van der Waals surface area contributed by atoms with Gasteiger partial charge in [0.1, 0.15) is 29.7 Å². The molecule has 0 saturated heterocycles. The van der Waals surface area contributed by atoms with Crippen LogP contribution in [-0.4, -0.2) is 13.1 Å². The van der Waals surface area contributed by atoms with Gasteiger partial charge in [-0.15, -0.1) is 0 Å². The molecule has 0 heterocycles. The minimum absolute atomic E-state index is 0.120. The summed E-state index contributed by atoms with van der Waals surface area (Å²) in [6.45, 7) is 0. The van der Waals surface area contributed by atoms with Crippen molar-refractivity contribution >= 4 is 11.7 Å². The number of benzene rings is 1. The third-order valence-electron chi connectivity index (χ3n) is 2.23. The van der Waals surface area contributed by atoms with E-state index >= 15 is 0 Å². The Morgan fingerprint density at radius 1 is 1.25 bits per heavy atom. The maximum atomic E-state index is 13.6. The van der Waals surface area contributed by atoms with Gasteiger partial charge >= 0.3 is 5.97 Å². The number of ether oxygens (including phenoxy) is 1. The number of rotatable bonds is 3. The van der Waals surface area contributed by atoms with Crippen LogP contribution in [0.1, 0.15) is 10.4 Å². The van der Waals surface area contributed by atoms with E-state index in [9.17, 15) is 9.18 Å². The van der Waals surface area contributed by atoms with E-state index in [0.29, 0.717) is 0 Å². The summed E-state index contributed by atoms with van der Waals surface area (Å²) < 4.78 is 18.0. The fourth-order valence-corrected chi connectivity index (χ4v) is 1.30. The normalized spacial score (nSPS) is 8.55. The summed E-state index contributed by atoms with van der Waals surface area (Å²) in [6.07, 6.45) is 0. The number of anilines is 1. The monoisotopic (exact) mass is 270 g/mol. The molecule has 7 heteroatoms. The van der Waals surface area contributed by atoms with Gasteiger partial charge in [-0.3, -0.25) is 0 Å². The molecule has 0 aliphatic carbocycles. The van der Waals surface area contributed by atoms with E-state index in [1.54, 1.807) is 18.2 Å². The zero-order valence-electron chi connectivity index (χ0n) is 10.3. The van der Waals surface area contributed by atoms with Gasteiger partial charge in [0.2, 0.25) is 0 Å². The van der Waals surface area contributed by atoms with Crippen molar-refractivity contribution in [1.82, 2.24) is 0 Å². The fourth-order valence-electron chi connectivity index (χ4n) is 1.30. The molecule has 20 heavy (non-hydrogen) atoms. The van der Waals surface area contributed by atoms with Crippen LogP contribution in [0.2, 0.25) is 0 Å². The second kappa shape index (κ2) is 6.53. The molecular weight excluding hydrogens is 263 g/mol. The predicted octanol–water partition coefficient (Wildman–Crippen LogP) is 1.85. The largest absolute Gasteiger partial charge is 0.465 e. The Hall–Kier alpha value is -3.37. The first kappa shape index (κ1) is 14.7. The minimum Gasteiger partial charge on any atom is -0.465 e. The average Bonchev–Trinajstić information content (AvgIpc) is 2.46. The van der Waals surface area contributed by atoms with Crippen molar-refractivity contribution in [3.05, 3.63) is 40.8 Å². The number of hydrogen-bond donors (Lipinski definition) is 1. The molecule has 1 N–H and O–H groups in total. The second-order valence-electron chi connectivity index (χ2n) is 3.40. The molecule has 0 spiro atoms. The maximum Gasteiger partial charge on any atom is 0.340 e. The Morgan fingerprint density at radius 3 is 2.35 bits per heavy atom. The molecule has 0 saturated carbocycles. The lowest BCUT2D eigenvalue weighted by Crippen LogP contribution is -2.06. The fraction of sp³-hybridized carbons (Fsp3) is 0.0769. The van der Waals surface area contributed by atoms with Crippen LogP contribution in [0.5, 0.6) is 0 Å². The van der Waals surface area contributed by atoms with Gasteiger partial charge in [-0.05, 0) is 18.2 Å². The van der Waals surface area contributed by atoms with Crippen LogP contribution in [-0.2, 0) is 4.74 Å². The molecule has 0 aromatic heterocycles. The number of halogens is 1. The summed E-state index contributed by atoms with van der Waals surface area (Å²) >= 11 is 0. The third-order valence-corrected chi connectivity index (χ3v) is 2.23. The van der Waals surface area contributed by atoms with Gasteiger partial charge in [0.05, 0.1) is 12.7 Å². The van der Waals surface area contributed by atoms with Crippen molar-refractivity contribution in [2.75, 3.05) is 12.4 Å². The van der Waals surface area contributed by atoms with Gasteiger partial charge in [0.15, 0.2) is 5.57 Å². The van der Waals surface area contributed by atoms with Gasteiger partial charge in [0, 0.05) is 5.69 Å². The van der Waals surface area contributed by atoms with E-state index < -0.39 is 17.4 Å². The molecule has 0 fully saturated rings. The summed E-state index contributed by atoms with van der Waals surface area (Å²) in [5.74, 6) is -1.69. The third kappa shape index (κ3) is 3.10. The number of carbonyl (C=O) groups excluding carboxylic acids is 1. The van der Waals surface area contributed by atoms with Crippen LogP contribution >= 0.6 is 0 Å². The highest BCUT2D eigenvalue weighted by Gasteiger charge is 2.13. The molecule has 0 amide bonds.